The number of hydrogen-bond donors (Lipinski definition) is 3. The van der Waals surface area contributed by atoms with Crippen LogP contribution in [0.25, 0.3) is 10.8 Å². The number of rotatable bonds is 4. The minimum atomic E-state index is -0.212. The number of fused-ring (bicyclic) bond motifs is 1. The molecule has 0 radical (unpaired) electrons. The summed E-state index contributed by atoms with van der Waals surface area (Å²) in [6, 6.07) is 13.6. The quantitative estimate of drug-likeness (QED) is 0.800. The molecule has 1 heterocycles. The molecule has 2 aromatic carbocycles. The maximum atomic E-state index is 12.0. The average molecular weight is 334 g/mol. The fourth-order valence-corrected chi connectivity index (χ4v) is 2.72. The molecule has 0 spiro atoms. The molecule has 6 heteroatoms. The van der Waals surface area contributed by atoms with Crippen molar-refractivity contribution in [2.45, 2.75) is 6.42 Å². The maximum Gasteiger partial charge on any atom is 0.243 e. The van der Waals surface area contributed by atoms with Crippen molar-refractivity contribution in [2.75, 3.05) is 25.0 Å². The highest BCUT2D eigenvalue weighted by atomic mass is 35.5. The van der Waals surface area contributed by atoms with Crippen LogP contribution >= 0.6 is 12.4 Å². The van der Waals surface area contributed by atoms with E-state index in [1.807, 2.05) is 42.5 Å². The molecule has 0 aliphatic carbocycles. The Morgan fingerprint density at radius 1 is 1.13 bits per heavy atom. The molecule has 0 bridgehead atoms. The lowest BCUT2D eigenvalue weighted by molar-refractivity contribution is -0.126. The molecule has 5 nitrogen and oxygen atoms in total. The Balaban J connectivity index is 0.00000192. The molecule has 2 aromatic rings. The minimum absolute atomic E-state index is 0. The van der Waals surface area contributed by atoms with Crippen LogP contribution in [0.2, 0.25) is 0 Å². The molecule has 0 saturated carbocycles. The van der Waals surface area contributed by atoms with Crippen molar-refractivity contribution < 1.29 is 9.59 Å². The number of benzene rings is 2. The number of anilines is 1. The number of nitrogens with one attached hydrogen (secondary N) is 3. The van der Waals surface area contributed by atoms with Crippen LogP contribution in [0, 0.1) is 5.92 Å². The van der Waals surface area contributed by atoms with Gasteiger partial charge in [-0.15, -0.1) is 12.4 Å². The van der Waals surface area contributed by atoms with Crippen LogP contribution in [0.5, 0.6) is 0 Å². The number of amides is 2. The Bertz CT molecular complexity index is 694. The Kier molecular flexibility index (Phi) is 5.96. The molecule has 1 unspecified atom stereocenters. The first-order chi connectivity index (χ1) is 10.7. The summed E-state index contributed by atoms with van der Waals surface area (Å²) in [5, 5.41) is 10.8. The van der Waals surface area contributed by atoms with Gasteiger partial charge in [0.2, 0.25) is 11.8 Å². The second-order valence-electron chi connectivity index (χ2n) is 5.48. The molecule has 3 rings (SSSR count). The lowest BCUT2D eigenvalue weighted by atomic mass is 10.1. The molecule has 3 N–H and O–H groups in total. The van der Waals surface area contributed by atoms with E-state index in [1.54, 1.807) is 0 Å². The van der Waals surface area contributed by atoms with Crippen LogP contribution in [-0.2, 0) is 9.59 Å². The fourth-order valence-electron chi connectivity index (χ4n) is 2.72. The summed E-state index contributed by atoms with van der Waals surface area (Å²) >= 11 is 0. The number of carbonyl (C=O) groups is 2. The molecule has 1 atom stereocenters. The third-order valence-electron chi connectivity index (χ3n) is 3.92. The lowest BCUT2D eigenvalue weighted by Crippen LogP contribution is -2.37. The van der Waals surface area contributed by atoms with Crippen molar-refractivity contribution in [3.05, 3.63) is 42.5 Å². The standard InChI is InChI=1S/C17H19N3O2.ClH/c21-16(11-19-17(22)13-8-9-18-10-13)20-15-7-3-5-12-4-1-2-6-14(12)15;/h1-7,13,18H,8-11H2,(H,19,22)(H,20,21);1H. The Morgan fingerprint density at radius 2 is 1.91 bits per heavy atom. The molecule has 23 heavy (non-hydrogen) atoms. The topological polar surface area (TPSA) is 70.2 Å². The van der Waals surface area contributed by atoms with E-state index in [-0.39, 0.29) is 36.7 Å². The van der Waals surface area contributed by atoms with Crippen LogP contribution in [0.15, 0.2) is 42.5 Å². The van der Waals surface area contributed by atoms with E-state index in [2.05, 4.69) is 16.0 Å². The Morgan fingerprint density at radius 3 is 2.70 bits per heavy atom. The normalized spacial score (nSPS) is 16.6. The van der Waals surface area contributed by atoms with Crippen molar-refractivity contribution in [1.82, 2.24) is 10.6 Å². The molecule has 2 amide bonds. The van der Waals surface area contributed by atoms with Crippen molar-refractivity contribution in [3.8, 4) is 0 Å². The van der Waals surface area contributed by atoms with Gasteiger partial charge in [0.15, 0.2) is 0 Å². The van der Waals surface area contributed by atoms with Crippen LogP contribution in [0.4, 0.5) is 5.69 Å². The summed E-state index contributed by atoms with van der Waals surface area (Å²) in [5.74, 6) is -0.293. The summed E-state index contributed by atoms with van der Waals surface area (Å²) in [5.41, 5.74) is 0.764. The maximum absolute atomic E-state index is 12.0. The van der Waals surface area contributed by atoms with Gasteiger partial charge in [0.05, 0.1) is 12.5 Å². The zero-order valence-electron chi connectivity index (χ0n) is 12.7. The molecule has 1 saturated heterocycles. The zero-order valence-corrected chi connectivity index (χ0v) is 13.5. The third kappa shape index (κ3) is 4.21. The molecule has 122 valence electrons. The average Bonchev–Trinajstić information content (AvgIpc) is 3.07. The van der Waals surface area contributed by atoms with Crippen molar-refractivity contribution in [2.24, 2.45) is 5.92 Å². The Hall–Kier alpha value is -2.11. The van der Waals surface area contributed by atoms with Gasteiger partial charge < -0.3 is 16.0 Å². The van der Waals surface area contributed by atoms with Gasteiger partial charge >= 0.3 is 0 Å². The number of hydrogen-bond acceptors (Lipinski definition) is 3. The molecule has 1 aliphatic rings. The van der Waals surface area contributed by atoms with E-state index in [4.69, 9.17) is 0 Å². The predicted octanol–water partition coefficient (Wildman–Crippen LogP) is 1.93. The molecule has 0 aromatic heterocycles. The van der Waals surface area contributed by atoms with E-state index in [0.717, 1.165) is 29.4 Å². The van der Waals surface area contributed by atoms with Gasteiger partial charge in [0.1, 0.15) is 0 Å². The minimum Gasteiger partial charge on any atom is -0.347 e. The Labute approximate surface area is 141 Å². The third-order valence-corrected chi connectivity index (χ3v) is 3.92. The van der Waals surface area contributed by atoms with Gasteiger partial charge in [-0.3, -0.25) is 9.59 Å². The monoisotopic (exact) mass is 333 g/mol. The highest BCUT2D eigenvalue weighted by Gasteiger charge is 2.22. The van der Waals surface area contributed by atoms with E-state index < -0.39 is 0 Å². The summed E-state index contributed by atoms with van der Waals surface area (Å²) in [6.07, 6.45) is 0.830. The first kappa shape index (κ1) is 17.2. The van der Waals surface area contributed by atoms with Crippen LogP contribution in [0.3, 0.4) is 0 Å². The highest BCUT2D eigenvalue weighted by Crippen LogP contribution is 2.22. The van der Waals surface area contributed by atoms with Gasteiger partial charge in [0, 0.05) is 17.6 Å². The fraction of sp³-hybridized carbons (Fsp3) is 0.294. The summed E-state index contributed by atoms with van der Waals surface area (Å²) in [6.45, 7) is 1.55. The van der Waals surface area contributed by atoms with E-state index in [0.29, 0.717) is 6.54 Å². The largest absolute Gasteiger partial charge is 0.347 e. The first-order valence-corrected chi connectivity index (χ1v) is 7.50. The van der Waals surface area contributed by atoms with Gasteiger partial charge in [-0.05, 0) is 24.4 Å². The van der Waals surface area contributed by atoms with Gasteiger partial charge in [-0.1, -0.05) is 36.4 Å². The number of halogens is 1. The molecule has 1 aliphatic heterocycles. The molecule has 1 fully saturated rings. The van der Waals surface area contributed by atoms with Crippen LogP contribution < -0.4 is 16.0 Å². The van der Waals surface area contributed by atoms with Crippen molar-refractivity contribution in [3.63, 3.8) is 0 Å². The predicted molar refractivity (Wildman–Crippen MR) is 93.8 cm³/mol. The highest BCUT2D eigenvalue weighted by molar-refractivity contribution is 6.03. The van der Waals surface area contributed by atoms with Crippen molar-refractivity contribution >= 4 is 40.7 Å². The van der Waals surface area contributed by atoms with Gasteiger partial charge in [-0.25, -0.2) is 0 Å². The second kappa shape index (κ2) is 7.94. The lowest BCUT2D eigenvalue weighted by Gasteiger charge is -2.11. The van der Waals surface area contributed by atoms with E-state index in [9.17, 15) is 9.59 Å². The molecular weight excluding hydrogens is 314 g/mol. The zero-order chi connectivity index (χ0) is 15.4. The van der Waals surface area contributed by atoms with Crippen LogP contribution in [-0.4, -0.2) is 31.4 Å². The second-order valence-corrected chi connectivity index (χ2v) is 5.48. The van der Waals surface area contributed by atoms with Gasteiger partial charge in [-0.2, -0.15) is 0 Å². The van der Waals surface area contributed by atoms with E-state index >= 15 is 0 Å². The van der Waals surface area contributed by atoms with Crippen molar-refractivity contribution in [1.29, 1.82) is 0 Å². The smallest absolute Gasteiger partial charge is 0.243 e. The summed E-state index contributed by atoms with van der Waals surface area (Å²) in [4.78, 5) is 23.9. The molecular formula is C17H20ClN3O2. The van der Waals surface area contributed by atoms with Gasteiger partial charge in [0.25, 0.3) is 0 Å². The van der Waals surface area contributed by atoms with E-state index in [1.165, 1.54) is 0 Å². The first-order valence-electron chi connectivity index (χ1n) is 7.50. The SMILES string of the molecule is Cl.O=C(CNC(=O)C1CCNC1)Nc1cccc2ccccc12. The summed E-state index contributed by atoms with van der Waals surface area (Å²) < 4.78 is 0. The van der Waals surface area contributed by atoms with Crippen LogP contribution in [0.1, 0.15) is 6.42 Å². The number of carbonyl (C=O) groups excluding carboxylic acids is 2. The summed E-state index contributed by atoms with van der Waals surface area (Å²) in [7, 11) is 0.